The van der Waals surface area contributed by atoms with Gasteiger partial charge in [0.2, 0.25) is 0 Å². The molecule has 0 amide bonds. The van der Waals surface area contributed by atoms with Gasteiger partial charge in [0.15, 0.2) is 0 Å². The Labute approximate surface area is 137 Å². The highest BCUT2D eigenvalue weighted by Crippen LogP contribution is 2.22. The minimum Gasteiger partial charge on any atom is -0.367 e. The van der Waals surface area contributed by atoms with E-state index in [1.807, 2.05) is 18.2 Å². The maximum atomic E-state index is 14.2. The molecule has 0 aliphatic carbocycles. The maximum absolute atomic E-state index is 14.2. The minimum atomic E-state index is -0.124. The molecule has 1 aliphatic rings. The fourth-order valence-corrected chi connectivity index (χ4v) is 3.07. The van der Waals surface area contributed by atoms with Crippen molar-refractivity contribution in [3.8, 4) is 0 Å². The molecule has 1 saturated heterocycles. The Hall–Kier alpha value is -1.91. The highest BCUT2D eigenvalue weighted by molar-refractivity contribution is 5.50. The molecule has 0 aromatic heterocycles. The number of halogens is 1. The van der Waals surface area contributed by atoms with E-state index < -0.39 is 0 Å². The number of anilines is 1. The van der Waals surface area contributed by atoms with Gasteiger partial charge in [0.1, 0.15) is 5.82 Å². The van der Waals surface area contributed by atoms with E-state index in [2.05, 4.69) is 46.4 Å². The van der Waals surface area contributed by atoms with Crippen LogP contribution in [0.1, 0.15) is 11.1 Å². The Morgan fingerprint density at radius 2 is 1.70 bits per heavy atom. The Morgan fingerprint density at radius 3 is 2.43 bits per heavy atom. The predicted molar refractivity (Wildman–Crippen MR) is 93.1 cm³/mol. The first-order chi connectivity index (χ1) is 11.2. The molecule has 1 aliphatic heterocycles. The van der Waals surface area contributed by atoms with Gasteiger partial charge in [-0.25, -0.2) is 4.39 Å². The van der Waals surface area contributed by atoms with E-state index in [9.17, 15) is 4.39 Å². The fraction of sp³-hybridized carbons (Fsp3) is 0.368. The standard InChI is InChI=1S/C19H24FN3/c1-22(14-16-5-3-2-4-6-16)15-17-7-8-18(20)19(13-17)23-11-9-21-10-12-23/h2-8,13,21H,9-12,14-15H2,1H3. The smallest absolute Gasteiger partial charge is 0.146 e. The summed E-state index contributed by atoms with van der Waals surface area (Å²) in [5, 5.41) is 3.31. The summed E-state index contributed by atoms with van der Waals surface area (Å²) in [6.07, 6.45) is 0. The molecule has 3 rings (SSSR count). The topological polar surface area (TPSA) is 18.5 Å². The van der Waals surface area contributed by atoms with E-state index in [-0.39, 0.29) is 5.82 Å². The van der Waals surface area contributed by atoms with Gasteiger partial charge in [0.25, 0.3) is 0 Å². The second-order valence-corrected chi connectivity index (χ2v) is 6.18. The van der Waals surface area contributed by atoms with Crippen LogP contribution in [0.2, 0.25) is 0 Å². The van der Waals surface area contributed by atoms with E-state index in [0.29, 0.717) is 0 Å². The summed E-state index contributed by atoms with van der Waals surface area (Å²) < 4.78 is 14.2. The largest absolute Gasteiger partial charge is 0.367 e. The highest BCUT2D eigenvalue weighted by Gasteiger charge is 2.15. The SMILES string of the molecule is CN(Cc1ccccc1)Cc1ccc(F)c(N2CCNCC2)c1. The molecule has 0 bridgehead atoms. The molecular formula is C19H24FN3. The van der Waals surface area contributed by atoms with Crippen molar-refractivity contribution in [2.45, 2.75) is 13.1 Å². The molecule has 3 nitrogen and oxygen atoms in total. The molecule has 2 aromatic rings. The quantitative estimate of drug-likeness (QED) is 0.916. The molecule has 0 atom stereocenters. The van der Waals surface area contributed by atoms with Crippen LogP contribution < -0.4 is 10.2 Å². The van der Waals surface area contributed by atoms with Crippen LogP contribution in [-0.4, -0.2) is 38.1 Å². The monoisotopic (exact) mass is 313 g/mol. The van der Waals surface area contributed by atoms with Gasteiger partial charge >= 0.3 is 0 Å². The molecule has 1 heterocycles. The third-order valence-electron chi connectivity index (χ3n) is 4.22. The molecule has 23 heavy (non-hydrogen) atoms. The summed E-state index contributed by atoms with van der Waals surface area (Å²) in [6.45, 7) is 5.26. The molecule has 4 heteroatoms. The van der Waals surface area contributed by atoms with Gasteiger partial charge < -0.3 is 10.2 Å². The molecule has 1 N–H and O–H groups in total. The van der Waals surface area contributed by atoms with Crippen LogP contribution >= 0.6 is 0 Å². The van der Waals surface area contributed by atoms with Crippen molar-refractivity contribution in [3.63, 3.8) is 0 Å². The second kappa shape index (κ2) is 7.57. The summed E-state index contributed by atoms with van der Waals surface area (Å²) in [4.78, 5) is 4.39. The molecule has 0 radical (unpaired) electrons. The Kier molecular flexibility index (Phi) is 5.26. The first kappa shape index (κ1) is 16.0. The summed E-state index contributed by atoms with van der Waals surface area (Å²) in [5.74, 6) is -0.124. The maximum Gasteiger partial charge on any atom is 0.146 e. The minimum absolute atomic E-state index is 0.124. The van der Waals surface area contributed by atoms with Gasteiger partial charge in [-0.05, 0) is 30.3 Å². The first-order valence-electron chi connectivity index (χ1n) is 8.19. The van der Waals surface area contributed by atoms with Gasteiger partial charge in [-0.2, -0.15) is 0 Å². The lowest BCUT2D eigenvalue weighted by molar-refractivity contribution is 0.319. The van der Waals surface area contributed by atoms with Crippen LogP contribution in [0, 0.1) is 5.82 Å². The first-order valence-corrected chi connectivity index (χ1v) is 8.19. The summed E-state index contributed by atoms with van der Waals surface area (Å²) in [6, 6.07) is 15.9. The van der Waals surface area contributed by atoms with Crippen LogP contribution in [0.5, 0.6) is 0 Å². The van der Waals surface area contributed by atoms with E-state index in [0.717, 1.165) is 50.5 Å². The number of benzene rings is 2. The van der Waals surface area contributed by atoms with Crippen LogP contribution in [0.25, 0.3) is 0 Å². The molecule has 0 spiro atoms. The van der Waals surface area contributed by atoms with Crippen LogP contribution in [0.15, 0.2) is 48.5 Å². The number of rotatable bonds is 5. The number of hydrogen-bond acceptors (Lipinski definition) is 3. The van der Waals surface area contributed by atoms with Crippen molar-refractivity contribution < 1.29 is 4.39 Å². The summed E-state index contributed by atoms with van der Waals surface area (Å²) in [5.41, 5.74) is 3.18. The van der Waals surface area contributed by atoms with Crippen molar-refractivity contribution in [1.29, 1.82) is 0 Å². The average Bonchev–Trinajstić information content (AvgIpc) is 2.58. The zero-order valence-electron chi connectivity index (χ0n) is 13.6. The van der Waals surface area contributed by atoms with E-state index >= 15 is 0 Å². The molecule has 122 valence electrons. The molecule has 2 aromatic carbocycles. The van der Waals surface area contributed by atoms with Crippen LogP contribution in [0.4, 0.5) is 10.1 Å². The predicted octanol–water partition coefficient (Wildman–Crippen LogP) is 2.87. The highest BCUT2D eigenvalue weighted by atomic mass is 19.1. The normalized spacial score (nSPS) is 15.2. The Bertz CT molecular complexity index is 624. The van der Waals surface area contributed by atoms with Gasteiger partial charge in [-0.1, -0.05) is 36.4 Å². The van der Waals surface area contributed by atoms with E-state index in [1.54, 1.807) is 6.07 Å². The van der Waals surface area contributed by atoms with Crippen molar-refractivity contribution in [3.05, 3.63) is 65.5 Å². The van der Waals surface area contributed by atoms with Gasteiger partial charge in [0.05, 0.1) is 5.69 Å². The lowest BCUT2D eigenvalue weighted by atomic mass is 10.1. The second-order valence-electron chi connectivity index (χ2n) is 6.18. The zero-order chi connectivity index (χ0) is 16.1. The van der Waals surface area contributed by atoms with Crippen molar-refractivity contribution in [2.75, 3.05) is 38.1 Å². The molecular weight excluding hydrogens is 289 g/mol. The van der Waals surface area contributed by atoms with Crippen molar-refractivity contribution in [1.82, 2.24) is 10.2 Å². The Morgan fingerprint density at radius 1 is 1.00 bits per heavy atom. The zero-order valence-corrected chi connectivity index (χ0v) is 13.6. The average molecular weight is 313 g/mol. The summed E-state index contributed by atoms with van der Waals surface area (Å²) >= 11 is 0. The Balaban J connectivity index is 1.67. The van der Waals surface area contributed by atoms with Crippen LogP contribution in [-0.2, 0) is 13.1 Å². The number of hydrogen-bond donors (Lipinski definition) is 1. The third-order valence-corrected chi connectivity index (χ3v) is 4.22. The van der Waals surface area contributed by atoms with Gasteiger partial charge in [-0.15, -0.1) is 0 Å². The fourth-order valence-electron chi connectivity index (χ4n) is 3.07. The lowest BCUT2D eigenvalue weighted by Crippen LogP contribution is -2.43. The molecule has 0 saturated carbocycles. The lowest BCUT2D eigenvalue weighted by Gasteiger charge is -2.30. The number of nitrogens with zero attached hydrogens (tertiary/aromatic N) is 2. The molecule has 1 fully saturated rings. The van der Waals surface area contributed by atoms with E-state index in [1.165, 1.54) is 5.56 Å². The van der Waals surface area contributed by atoms with E-state index in [4.69, 9.17) is 0 Å². The third kappa shape index (κ3) is 4.30. The van der Waals surface area contributed by atoms with Gasteiger partial charge in [0, 0.05) is 39.3 Å². The molecule has 0 unspecified atom stereocenters. The van der Waals surface area contributed by atoms with Crippen molar-refractivity contribution in [2.24, 2.45) is 0 Å². The number of nitrogens with one attached hydrogen (secondary N) is 1. The summed E-state index contributed by atoms with van der Waals surface area (Å²) in [7, 11) is 2.10. The number of piperazine rings is 1. The van der Waals surface area contributed by atoms with Crippen LogP contribution in [0.3, 0.4) is 0 Å². The van der Waals surface area contributed by atoms with Gasteiger partial charge in [-0.3, -0.25) is 4.90 Å². The van der Waals surface area contributed by atoms with Crippen molar-refractivity contribution >= 4 is 5.69 Å².